The maximum atomic E-state index is 5.91. The summed E-state index contributed by atoms with van der Waals surface area (Å²) >= 11 is 0. The van der Waals surface area contributed by atoms with Gasteiger partial charge in [0.05, 0.1) is 14.1 Å². The quantitative estimate of drug-likeness (QED) is 0.433. The van der Waals surface area contributed by atoms with E-state index in [2.05, 4.69) is 32.6 Å². The molecule has 0 spiro atoms. The van der Waals surface area contributed by atoms with Crippen molar-refractivity contribution in [1.29, 1.82) is 0 Å². The van der Waals surface area contributed by atoms with Gasteiger partial charge in [-0.1, -0.05) is 5.11 Å². The van der Waals surface area contributed by atoms with Gasteiger partial charge in [-0.15, -0.1) is 0 Å². The van der Waals surface area contributed by atoms with Crippen LogP contribution in [0.1, 0.15) is 0 Å². The third kappa shape index (κ3) is 3.01. The number of azo groups is 1. The zero-order valence-corrected chi connectivity index (χ0v) is 15.2. The molecule has 1 aliphatic rings. The first-order valence-electron chi connectivity index (χ1n) is 8.85. The van der Waals surface area contributed by atoms with Crippen molar-refractivity contribution in [2.75, 3.05) is 36.8 Å². The highest BCUT2D eigenvalue weighted by Crippen LogP contribution is 2.24. The number of imidazole rings is 1. The second-order valence-corrected chi connectivity index (χ2v) is 6.62. The summed E-state index contributed by atoms with van der Waals surface area (Å²) in [5, 5.41) is 12.3. The van der Waals surface area contributed by atoms with Crippen molar-refractivity contribution >= 4 is 34.0 Å². The van der Waals surface area contributed by atoms with E-state index in [-0.39, 0.29) is 0 Å². The average molecular weight is 350 g/mol. The zero-order chi connectivity index (χ0) is 18.1. The Morgan fingerprint density at radius 3 is 2.50 bits per heavy atom. The molecule has 7 nitrogen and oxygen atoms in total. The van der Waals surface area contributed by atoms with Crippen LogP contribution in [0.2, 0.25) is 0 Å². The molecule has 0 bridgehead atoms. The molecule has 0 saturated carbocycles. The van der Waals surface area contributed by atoms with Crippen molar-refractivity contribution in [2.24, 2.45) is 24.3 Å². The number of nitrogen functional groups attached to an aromatic ring is 1. The summed E-state index contributed by atoms with van der Waals surface area (Å²) in [5.74, 6) is 0.775. The minimum atomic E-state index is 0.741. The SMILES string of the molecule is Cn1c(/N=N/c2ccc(N3CCNCC3)cc2)[n+](C)c2ccc(N)cc21. The van der Waals surface area contributed by atoms with E-state index < -0.39 is 0 Å². The van der Waals surface area contributed by atoms with Gasteiger partial charge < -0.3 is 16.0 Å². The van der Waals surface area contributed by atoms with Crippen LogP contribution in [0.3, 0.4) is 0 Å². The number of piperazine rings is 1. The van der Waals surface area contributed by atoms with E-state index in [0.717, 1.165) is 54.5 Å². The number of hydrogen-bond acceptors (Lipinski definition) is 5. The van der Waals surface area contributed by atoms with E-state index in [1.807, 2.05) is 53.6 Å². The van der Waals surface area contributed by atoms with Crippen molar-refractivity contribution in [1.82, 2.24) is 9.88 Å². The Morgan fingerprint density at radius 2 is 1.77 bits per heavy atom. The van der Waals surface area contributed by atoms with Gasteiger partial charge in [0.15, 0.2) is 0 Å². The Kier molecular flexibility index (Phi) is 4.30. The van der Waals surface area contributed by atoms with Crippen LogP contribution in [0.15, 0.2) is 52.7 Å². The molecule has 0 radical (unpaired) electrons. The summed E-state index contributed by atoms with van der Waals surface area (Å²) in [6.45, 7) is 4.14. The Labute approximate surface area is 152 Å². The van der Waals surface area contributed by atoms with E-state index in [1.54, 1.807) is 0 Å². The van der Waals surface area contributed by atoms with Gasteiger partial charge in [0.1, 0.15) is 16.7 Å². The topological polar surface area (TPSA) is 74.8 Å². The molecule has 4 rings (SSSR count). The predicted octanol–water partition coefficient (Wildman–Crippen LogP) is 2.41. The number of nitrogens with two attached hydrogens (primary N) is 1. The van der Waals surface area contributed by atoms with Crippen LogP contribution in [-0.2, 0) is 14.1 Å². The lowest BCUT2D eigenvalue weighted by Gasteiger charge is -2.29. The van der Waals surface area contributed by atoms with Crippen molar-refractivity contribution in [3.8, 4) is 0 Å². The maximum Gasteiger partial charge on any atom is 0.422 e. The van der Waals surface area contributed by atoms with E-state index in [0.29, 0.717) is 0 Å². The van der Waals surface area contributed by atoms with Crippen molar-refractivity contribution in [3.05, 3.63) is 42.5 Å². The van der Waals surface area contributed by atoms with Gasteiger partial charge in [-0.3, -0.25) is 0 Å². The molecule has 7 heteroatoms. The maximum absolute atomic E-state index is 5.91. The van der Waals surface area contributed by atoms with E-state index in [1.165, 1.54) is 5.69 Å². The lowest BCUT2D eigenvalue weighted by molar-refractivity contribution is -0.632. The van der Waals surface area contributed by atoms with Crippen LogP contribution < -0.4 is 20.5 Å². The van der Waals surface area contributed by atoms with Gasteiger partial charge in [0.2, 0.25) is 0 Å². The summed E-state index contributed by atoms with van der Waals surface area (Å²) in [4.78, 5) is 2.38. The molecule has 1 aliphatic heterocycles. The third-order valence-corrected chi connectivity index (χ3v) is 4.91. The summed E-state index contributed by atoms with van der Waals surface area (Å²) in [7, 11) is 3.96. The van der Waals surface area contributed by atoms with Crippen molar-refractivity contribution < 1.29 is 4.57 Å². The molecule has 26 heavy (non-hydrogen) atoms. The molecule has 134 valence electrons. The second-order valence-electron chi connectivity index (χ2n) is 6.62. The van der Waals surface area contributed by atoms with E-state index in [9.17, 15) is 0 Å². The Hall–Kier alpha value is -2.93. The lowest BCUT2D eigenvalue weighted by atomic mass is 10.2. The molecule has 2 heterocycles. The normalized spacial score (nSPS) is 15.2. The number of aromatic nitrogens is 2. The average Bonchev–Trinajstić information content (AvgIpc) is 2.91. The minimum absolute atomic E-state index is 0.741. The molecular formula is C19H24N7+. The highest BCUT2D eigenvalue weighted by atomic mass is 15.3. The van der Waals surface area contributed by atoms with Gasteiger partial charge in [-0.25, -0.2) is 9.13 Å². The Balaban J connectivity index is 1.59. The van der Waals surface area contributed by atoms with Crippen LogP contribution in [0.4, 0.5) is 23.0 Å². The Bertz CT molecular complexity index is 950. The predicted molar refractivity (Wildman–Crippen MR) is 104 cm³/mol. The largest absolute Gasteiger partial charge is 0.422 e. The molecule has 0 amide bonds. The number of aryl methyl sites for hydroxylation is 2. The molecule has 0 unspecified atom stereocenters. The molecule has 0 atom stereocenters. The van der Waals surface area contributed by atoms with E-state index >= 15 is 0 Å². The zero-order valence-electron chi connectivity index (χ0n) is 15.2. The number of hydrogen-bond donors (Lipinski definition) is 2. The number of nitrogens with one attached hydrogen (secondary N) is 1. The molecule has 0 aliphatic carbocycles. The summed E-state index contributed by atoms with van der Waals surface area (Å²) < 4.78 is 4.03. The van der Waals surface area contributed by atoms with Crippen LogP contribution in [0.25, 0.3) is 11.0 Å². The minimum Gasteiger partial charge on any atom is -0.399 e. The fourth-order valence-corrected chi connectivity index (χ4v) is 3.42. The highest BCUT2D eigenvalue weighted by Gasteiger charge is 2.19. The summed E-state index contributed by atoms with van der Waals surface area (Å²) in [6.07, 6.45) is 0. The van der Waals surface area contributed by atoms with Crippen LogP contribution in [0.5, 0.6) is 0 Å². The first-order valence-corrected chi connectivity index (χ1v) is 8.85. The standard InChI is InChI=1S/C19H24N7/c1-24-17-8-3-14(20)13-18(17)25(2)19(24)23-22-15-4-6-16(7-5-15)26-11-9-21-10-12-26/h3-8,13,21H,9-12,20H2,1-2H3/q+1. The highest BCUT2D eigenvalue weighted by molar-refractivity contribution is 5.77. The van der Waals surface area contributed by atoms with Crippen molar-refractivity contribution in [2.45, 2.75) is 0 Å². The van der Waals surface area contributed by atoms with Gasteiger partial charge in [-0.2, -0.15) is 0 Å². The number of fused-ring (bicyclic) bond motifs is 1. The van der Waals surface area contributed by atoms with Crippen LogP contribution >= 0.6 is 0 Å². The van der Waals surface area contributed by atoms with Gasteiger partial charge >= 0.3 is 5.95 Å². The monoisotopic (exact) mass is 350 g/mol. The number of nitrogens with zero attached hydrogens (tertiary/aromatic N) is 5. The fourth-order valence-electron chi connectivity index (χ4n) is 3.42. The molecule has 1 aromatic heterocycles. The smallest absolute Gasteiger partial charge is 0.399 e. The lowest BCUT2D eigenvalue weighted by Crippen LogP contribution is -2.43. The molecule has 3 N–H and O–H groups in total. The molecular weight excluding hydrogens is 326 g/mol. The number of anilines is 2. The fraction of sp³-hybridized carbons (Fsp3) is 0.316. The van der Waals surface area contributed by atoms with Crippen LogP contribution in [-0.4, -0.2) is 30.7 Å². The number of benzene rings is 2. The molecule has 1 saturated heterocycles. The molecule has 3 aromatic rings. The first kappa shape index (κ1) is 16.5. The van der Waals surface area contributed by atoms with Gasteiger partial charge in [0.25, 0.3) is 0 Å². The van der Waals surface area contributed by atoms with Crippen molar-refractivity contribution in [3.63, 3.8) is 0 Å². The van der Waals surface area contributed by atoms with Gasteiger partial charge in [0, 0.05) is 48.7 Å². The summed E-state index contributed by atoms with van der Waals surface area (Å²) in [5.41, 5.74) is 10.8. The summed E-state index contributed by atoms with van der Waals surface area (Å²) in [6, 6.07) is 14.1. The first-order chi connectivity index (χ1) is 12.6. The number of rotatable bonds is 3. The van der Waals surface area contributed by atoms with Crippen LogP contribution in [0, 0.1) is 0 Å². The van der Waals surface area contributed by atoms with E-state index in [4.69, 9.17) is 5.73 Å². The molecule has 2 aromatic carbocycles. The third-order valence-electron chi connectivity index (χ3n) is 4.91. The second kappa shape index (κ2) is 6.76. The Morgan fingerprint density at radius 1 is 1.04 bits per heavy atom. The van der Waals surface area contributed by atoms with Gasteiger partial charge in [-0.05, 0) is 36.4 Å². The molecule has 1 fully saturated rings.